The van der Waals surface area contributed by atoms with Crippen LogP contribution in [0.1, 0.15) is 59.2 Å². The average molecular weight is 733 g/mol. The highest BCUT2D eigenvalue weighted by Gasteiger charge is 2.52. The molecule has 10 rings (SSSR count). The number of imidazole rings is 1. The summed E-state index contributed by atoms with van der Waals surface area (Å²) in [5, 5.41) is 2.22. The van der Waals surface area contributed by atoms with Crippen LogP contribution in [0.25, 0.3) is 16.8 Å². The van der Waals surface area contributed by atoms with E-state index in [0.717, 1.165) is 105 Å². The highest BCUT2D eigenvalue weighted by molar-refractivity contribution is 6.23. The van der Waals surface area contributed by atoms with Crippen LogP contribution < -0.4 is 15.0 Å². The van der Waals surface area contributed by atoms with Gasteiger partial charge in [0.1, 0.15) is 24.2 Å². The number of rotatable bonds is 10. The van der Waals surface area contributed by atoms with Gasteiger partial charge in [0.25, 0.3) is 11.8 Å². The molecule has 1 unspecified atom stereocenters. The SMILES string of the molecule is O=C1CCC(N2C(=O)c3ccc(OCCN4CC5(C4)CN(C[C@H]4C[C@H](OC6CCN(c7ccn8c(n7)nc7ccccc78)CC6)C4)C5)cc3C2=O)C(=O)N1. The van der Waals surface area contributed by atoms with Gasteiger partial charge < -0.3 is 19.3 Å². The molecule has 14 nitrogen and oxygen atoms in total. The van der Waals surface area contributed by atoms with Crippen LogP contribution in [-0.2, 0) is 14.3 Å². The van der Waals surface area contributed by atoms with Crippen molar-refractivity contribution in [3.63, 3.8) is 0 Å². The number of carbonyl (C=O) groups excluding carboxylic acids is 4. The molecule has 280 valence electrons. The van der Waals surface area contributed by atoms with Crippen LogP contribution in [0, 0.1) is 11.3 Å². The van der Waals surface area contributed by atoms with Crippen molar-refractivity contribution in [2.24, 2.45) is 11.3 Å². The second-order valence-corrected chi connectivity index (χ2v) is 16.2. The van der Waals surface area contributed by atoms with Gasteiger partial charge in [0, 0.05) is 70.4 Å². The number of hydrogen-bond donors (Lipinski definition) is 1. The number of ether oxygens (including phenoxy) is 2. The molecule has 54 heavy (non-hydrogen) atoms. The minimum absolute atomic E-state index is 0.0925. The fourth-order valence-electron chi connectivity index (χ4n) is 9.63. The number of likely N-dealkylation sites (tertiary alicyclic amines) is 2. The predicted molar refractivity (Wildman–Crippen MR) is 197 cm³/mol. The molecule has 2 aromatic carbocycles. The first-order chi connectivity index (χ1) is 26.3. The first-order valence-corrected chi connectivity index (χ1v) is 19.3. The van der Waals surface area contributed by atoms with Crippen LogP contribution in [0.3, 0.4) is 0 Å². The maximum atomic E-state index is 13.1. The minimum atomic E-state index is -0.975. The molecule has 0 radical (unpaired) electrons. The Bertz CT molecular complexity index is 2160. The van der Waals surface area contributed by atoms with Gasteiger partial charge in [-0.1, -0.05) is 12.1 Å². The van der Waals surface area contributed by atoms with E-state index in [9.17, 15) is 19.2 Å². The van der Waals surface area contributed by atoms with Gasteiger partial charge >= 0.3 is 0 Å². The molecule has 14 heteroatoms. The molecule has 6 aliphatic rings. The highest BCUT2D eigenvalue weighted by atomic mass is 16.5. The van der Waals surface area contributed by atoms with E-state index in [1.165, 1.54) is 6.54 Å². The fourth-order valence-corrected chi connectivity index (χ4v) is 9.63. The Morgan fingerprint density at radius 2 is 1.61 bits per heavy atom. The molecule has 4 aromatic rings. The third kappa shape index (κ3) is 6.00. The van der Waals surface area contributed by atoms with Crippen molar-refractivity contribution in [3.8, 4) is 5.75 Å². The van der Waals surface area contributed by atoms with Crippen molar-refractivity contribution in [1.82, 2.24) is 34.4 Å². The van der Waals surface area contributed by atoms with Gasteiger partial charge in [-0.2, -0.15) is 4.98 Å². The number of aromatic nitrogens is 3. The maximum absolute atomic E-state index is 13.1. The molecule has 4 amide bonds. The zero-order valence-corrected chi connectivity index (χ0v) is 30.2. The first-order valence-electron chi connectivity index (χ1n) is 19.3. The van der Waals surface area contributed by atoms with E-state index in [-0.39, 0.29) is 24.0 Å². The van der Waals surface area contributed by atoms with Gasteiger partial charge in [-0.3, -0.25) is 38.7 Å². The summed E-state index contributed by atoms with van der Waals surface area (Å²) >= 11 is 0. The molecule has 1 aliphatic carbocycles. The van der Waals surface area contributed by atoms with Gasteiger partial charge in [-0.05, 0) is 74.4 Å². The molecule has 1 saturated carbocycles. The van der Waals surface area contributed by atoms with Crippen molar-refractivity contribution in [2.75, 3.05) is 63.9 Å². The predicted octanol–water partition coefficient (Wildman–Crippen LogP) is 2.74. The van der Waals surface area contributed by atoms with E-state index in [4.69, 9.17) is 19.4 Å². The fraction of sp³-hybridized carbons (Fsp3) is 0.500. The smallest absolute Gasteiger partial charge is 0.262 e. The normalized spacial score (nSPS) is 25.9. The first kappa shape index (κ1) is 33.6. The number of anilines is 1. The summed E-state index contributed by atoms with van der Waals surface area (Å²) in [5.74, 6) is 0.945. The van der Waals surface area contributed by atoms with E-state index >= 15 is 0 Å². The van der Waals surface area contributed by atoms with Gasteiger partial charge in [-0.25, -0.2) is 4.98 Å². The van der Waals surface area contributed by atoms with Crippen molar-refractivity contribution in [2.45, 2.75) is 56.8 Å². The lowest BCUT2D eigenvalue weighted by atomic mass is 9.71. The maximum Gasteiger partial charge on any atom is 0.262 e. The lowest BCUT2D eigenvalue weighted by Crippen LogP contribution is -2.72. The lowest BCUT2D eigenvalue weighted by molar-refractivity contribution is -0.137. The Morgan fingerprint density at radius 3 is 2.43 bits per heavy atom. The monoisotopic (exact) mass is 732 g/mol. The molecule has 4 saturated heterocycles. The van der Waals surface area contributed by atoms with Crippen LogP contribution in [-0.4, -0.2) is 130 Å². The Hall–Kier alpha value is -4.92. The van der Waals surface area contributed by atoms with Crippen LogP contribution in [0.2, 0.25) is 0 Å². The zero-order chi connectivity index (χ0) is 36.6. The summed E-state index contributed by atoms with van der Waals surface area (Å²) in [6.07, 6.45) is 7.41. The number of hydrogen-bond acceptors (Lipinski definition) is 11. The molecular weight excluding hydrogens is 688 g/mol. The van der Waals surface area contributed by atoms with Crippen LogP contribution in [0.5, 0.6) is 5.75 Å². The van der Waals surface area contributed by atoms with Crippen molar-refractivity contribution in [1.29, 1.82) is 0 Å². The molecule has 5 aliphatic heterocycles. The highest BCUT2D eigenvalue weighted by Crippen LogP contribution is 2.42. The van der Waals surface area contributed by atoms with E-state index in [0.29, 0.717) is 30.0 Å². The van der Waals surface area contributed by atoms with E-state index < -0.39 is 29.7 Å². The van der Waals surface area contributed by atoms with Crippen molar-refractivity contribution < 1.29 is 28.7 Å². The number of carbonyl (C=O) groups is 4. The number of amides is 4. The van der Waals surface area contributed by atoms with Crippen molar-refractivity contribution >= 4 is 46.3 Å². The number of nitrogens with one attached hydrogen (secondary N) is 1. The molecule has 1 N–H and O–H groups in total. The van der Waals surface area contributed by atoms with Crippen LogP contribution >= 0.6 is 0 Å². The van der Waals surface area contributed by atoms with Crippen molar-refractivity contribution in [3.05, 3.63) is 65.9 Å². The number of imide groups is 2. The molecule has 0 bridgehead atoms. The average Bonchev–Trinajstić information content (AvgIpc) is 3.62. The quantitative estimate of drug-likeness (QED) is 0.241. The Kier molecular flexibility index (Phi) is 8.18. The number of benzene rings is 2. The standard InChI is InChI=1S/C40H44N8O6/c49-35-8-7-33(36(50)43-35)48-37(51)29-6-5-27(19-30(29)38(48)52)53-16-15-44-21-40(22-44)23-45(24-40)20-25-17-28(18-25)54-26-9-12-46(13-10-26)34-11-14-47-32-4-2-1-3-31(32)41-39(47)42-34/h1-6,11,14,19,25-26,28,33H,7-10,12-13,15-18,20-24H2,(H,43,49,50)/t25-,28-,33?. The van der Waals surface area contributed by atoms with Crippen LogP contribution in [0.15, 0.2) is 54.7 Å². The molecule has 5 fully saturated rings. The molecular formula is C40H44N8O6. The molecule has 1 spiro atoms. The third-order valence-corrected chi connectivity index (χ3v) is 12.3. The summed E-state index contributed by atoms with van der Waals surface area (Å²) in [6.45, 7) is 8.80. The summed E-state index contributed by atoms with van der Waals surface area (Å²) < 4.78 is 14.6. The Labute approximate surface area is 312 Å². The Balaban J connectivity index is 0.612. The van der Waals surface area contributed by atoms with Gasteiger partial charge in [0.2, 0.25) is 17.6 Å². The minimum Gasteiger partial charge on any atom is -0.492 e. The molecule has 7 heterocycles. The van der Waals surface area contributed by atoms with E-state index in [2.05, 4.69) is 42.7 Å². The summed E-state index contributed by atoms with van der Waals surface area (Å²) in [5.41, 5.74) is 2.94. The summed E-state index contributed by atoms with van der Waals surface area (Å²) in [6, 6.07) is 14.1. The van der Waals surface area contributed by atoms with Crippen LogP contribution in [0.4, 0.5) is 5.82 Å². The largest absolute Gasteiger partial charge is 0.492 e. The number of para-hydroxylation sites is 2. The van der Waals surface area contributed by atoms with E-state index in [1.54, 1.807) is 18.2 Å². The van der Waals surface area contributed by atoms with Gasteiger partial charge in [0.05, 0.1) is 34.4 Å². The second-order valence-electron chi connectivity index (χ2n) is 16.2. The van der Waals surface area contributed by atoms with Gasteiger partial charge in [-0.15, -0.1) is 0 Å². The number of fused-ring (bicyclic) bond motifs is 4. The molecule has 1 atom stereocenters. The summed E-state index contributed by atoms with van der Waals surface area (Å²) in [7, 11) is 0. The zero-order valence-electron chi connectivity index (χ0n) is 30.2. The number of piperidine rings is 2. The van der Waals surface area contributed by atoms with Gasteiger partial charge in [0.15, 0.2) is 0 Å². The molecule has 2 aromatic heterocycles. The topological polar surface area (TPSA) is 142 Å². The second kappa shape index (κ2) is 13.1. The number of nitrogens with zero attached hydrogens (tertiary/aromatic N) is 7. The Morgan fingerprint density at radius 1 is 0.833 bits per heavy atom. The third-order valence-electron chi connectivity index (χ3n) is 12.3. The summed E-state index contributed by atoms with van der Waals surface area (Å²) in [4.78, 5) is 67.9. The van der Waals surface area contributed by atoms with E-state index in [1.807, 2.05) is 18.2 Å². The lowest BCUT2D eigenvalue weighted by Gasteiger charge is -2.61.